The second-order valence-corrected chi connectivity index (χ2v) is 8.67. The van der Waals surface area contributed by atoms with Gasteiger partial charge in [0, 0.05) is 34.6 Å². The van der Waals surface area contributed by atoms with Crippen molar-refractivity contribution < 1.29 is 14.4 Å². The van der Waals surface area contributed by atoms with Crippen LogP contribution in [-0.4, -0.2) is 41.0 Å². The van der Waals surface area contributed by atoms with Crippen molar-refractivity contribution in [3.8, 4) is 0 Å². The molecular weight excluding hydrogens is 410 g/mol. The SMILES string of the molecule is O=C(Nc1cccc(Cl)c1)C1CCN(C(=O)[C@@H]2Sc3ccccc3NC2=O)CC1. The van der Waals surface area contributed by atoms with E-state index in [9.17, 15) is 14.4 Å². The Bertz CT molecular complexity index is 960. The first kappa shape index (κ1) is 19.8. The second-order valence-electron chi connectivity index (χ2n) is 7.08. The van der Waals surface area contributed by atoms with Crippen LogP contribution in [0.15, 0.2) is 53.4 Å². The molecule has 2 heterocycles. The minimum Gasteiger partial charge on any atom is -0.341 e. The Morgan fingerprint density at radius 2 is 1.86 bits per heavy atom. The average molecular weight is 430 g/mol. The fraction of sp³-hybridized carbons (Fsp3) is 0.286. The fourth-order valence-electron chi connectivity index (χ4n) is 3.55. The summed E-state index contributed by atoms with van der Waals surface area (Å²) in [5.74, 6) is -0.736. The lowest BCUT2D eigenvalue weighted by molar-refractivity contribution is -0.136. The minimum atomic E-state index is -0.790. The average Bonchev–Trinajstić information content (AvgIpc) is 2.73. The number of benzene rings is 2. The minimum absolute atomic E-state index is 0.0712. The Labute approximate surface area is 178 Å². The molecule has 3 amide bonds. The molecule has 0 spiro atoms. The molecule has 2 aromatic carbocycles. The standard InChI is InChI=1S/C21H20ClN3O3S/c22-14-4-3-5-15(12-14)23-19(26)13-8-10-25(11-9-13)21(28)18-20(27)24-16-6-1-2-7-17(16)29-18/h1-7,12-13,18H,8-11H2,(H,23,26)(H,24,27)/t18-/m1/s1. The summed E-state index contributed by atoms with van der Waals surface area (Å²) in [5, 5.41) is 5.46. The van der Waals surface area contributed by atoms with E-state index in [-0.39, 0.29) is 23.6 Å². The lowest BCUT2D eigenvalue weighted by atomic mass is 9.95. The van der Waals surface area contributed by atoms with Crippen LogP contribution in [0.3, 0.4) is 0 Å². The molecule has 0 saturated carbocycles. The number of likely N-dealkylation sites (tertiary alicyclic amines) is 1. The number of rotatable bonds is 3. The number of nitrogens with zero attached hydrogens (tertiary/aromatic N) is 1. The molecule has 0 radical (unpaired) electrons. The van der Waals surface area contributed by atoms with E-state index >= 15 is 0 Å². The zero-order valence-electron chi connectivity index (χ0n) is 15.6. The number of anilines is 2. The molecule has 0 unspecified atom stereocenters. The Hall–Kier alpha value is -2.51. The van der Waals surface area contributed by atoms with Crippen LogP contribution in [0.1, 0.15) is 12.8 Å². The maximum atomic E-state index is 12.9. The quantitative estimate of drug-likeness (QED) is 0.730. The van der Waals surface area contributed by atoms with Gasteiger partial charge >= 0.3 is 0 Å². The Balaban J connectivity index is 1.34. The van der Waals surface area contributed by atoms with Crippen molar-refractivity contribution in [1.29, 1.82) is 0 Å². The van der Waals surface area contributed by atoms with E-state index in [0.717, 1.165) is 10.6 Å². The van der Waals surface area contributed by atoms with E-state index in [4.69, 9.17) is 11.6 Å². The van der Waals surface area contributed by atoms with Crippen molar-refractivity contribution >= 4 is 52.5 Å². The maximum Gasteiger partial charge on any atom is 0.247 e. The van der Waals surface area contributed by atoms with Crippen LogP contribution < -0.4 is 10.6 Å². The molecule has 0 aromatic heterocycles. The first-order valence-corrected chi connectivity index (χ1v) is 10.7. The van der Waals surface area contributed by atoms with Gasteiger partial charge in [0.25, 0.3) is 0 Å². The third kappa shape index (κ3) is 4.41. The Kier molecular flexibility index (Phi) is 5.78. The molecule has 0 aliphatic carbocycles. The highest BCUT2D eigenvalue weighted by Gasteiger charge is 2.37. The van der Waals surface area contributed by atoms with Crippen LogP contribution in [0.5, 0.6) is 0 Å². The van der Waals surface area contributed by atoms with Gasteiger partial charge in [-0.2, -0.15) is 0 Å². The molecule has 2 aromatic rings. The van der Waals surface area contributed by atoms with Crippen molar-refractivity contribution in [2.75, 3.05) is 23.7 Å². The molecule has 0 bridgehead atoms. The lowest BCUT2D eigenvalue weighted by Crippen LogP contribution is -2.48. The number of fused-ring (bicyclic) bond motifs is 1. The number of thioether (sulfide) groups is 1. The van der Waals surface area contributed by atoms with Crippen LogP contribution >= 0.6 is 23.4 Å². The fourth-order valence-corrected chi connectivity index (χ4v) is 4.82. The predicted molar refractivity (Wildman–Crippen MR) is 114 cm³/mol. The zero-order chi connectivity index (χ0) is 20.4. The van der Waals surface area contributed by atoms with E-state index in [1.165, 1.54) is 11.8 Å². The van der Waals surface area contributed by atoms with E-state index in [1.807, 2.05) is 24.3 Å². The first-order valence-electron chi connectivity index (χ1n) is 9.43. The summed E-state index contributed by atoms with van der Waals surface area (Å²) in [6.45, 7) is 0.914. The van der Waals surface area contributed by atoms with Crippen LogP contribution in [0.4, 0.5) is 11.4 Å². The van der Waals surface area contributed by atoms with Crippen molar-refractivity contribution in [2.45, 2.75) is 23.0 Å². The molecule has 150 valence electrons. The monoisotopic (exact) mass is 429 g/mol. The number of nitrogens with one attached hydrogen (secondary N) is 2. The van der Waals surface area contributed by atoms with Crippen molar-refractivity contribution in [2.24, 2.45) is 5.92 Å². The summed E-state index contributed by atoms with van der Waals surface area (Å²) >= 11 is 7.24. The molecule has 1 saturated heterocycles. The highest BCUT2D eigenvalue weighted by atomic mass is 35.5. The number of piperidine rings is 1. The van der Waals surface area contributed by atoms with Gasteiger partial charge in [0.05, 0.1) is 5.69 Å². The van der Waals surface area contributed by atoms with Gasteiger partial charge in [0.15, 0.2) is 5.25 Å². The molecule has 2 aliphatic rings. The van der Waals surface area contributed by atoms with Crippen LogP contribution in [0.2, 0.25) is 5.02 Å². The summed E-state index contributed by atoms with van der Waals surface area (Å²) in [6, 6.07) is 14.5. The van der Waals surface area contributed by atoms with Crippen molar-refractivity contribution in [1.82, 2.24) is 4.90 Å². The topological polar surface area (TPSA) is 78.5 Å². The molecule has 6 nitrogen and oxygen atoms in total. The van der Waals surface area contributed by atoms with Gasteiger partial charge in [-0.05, 0) is 43.2 Å². The Morgan fingerprint density at radius 1 is 1.10 bits per heavy atom. The van der Waals surface area contributed by atoms with E-state index in [0.29, 0.717) is 36.6 Å². The maximum absolute atomic E-state index is 12.9. The van der Waals surface area contributed by atoms with Gasteiger partial charge in [0.1, 0.15) is 0 Å². The van der Waals surface area contributed by atoms with Crippen molar-refractivity contribution in [3.63, 3.8) is 0 Å². The van der Waals surface area contributed by atoms with Gasteiger partial charge in [-0.25, -0.2) is 0 Å². The summed E-state index contributed by atoms with van der Waals surface area (Å²) in [7, 11) is 0. The normalized spacial score (nSPS) is 19.3. The number of para-hydroxylation sites is 1. The smallest absolute Gasteiger partial charge is 0.247 e. The molecule has 1 fully saturated rings. The predicted octanol–water partition coefficient (Wildman–Crippen LogP) is 3.63. The summed E-state index contributed by atoms with van der Waals surface area (Å²) in [5.41, 5.74) is 1.40. The lowest BCUT2D eigenvalue weighted by Gasteiger charge is -2.34. The molecule has 2 aliphatic heterocycles. The van der Waals surface area contributed by atoms with Crippen LogP contribution in [0.25, 0.3) is 0 Å². The second kappa shape index (κ2) is 8.47. The van der Waals surface area contributed by atoms with E-state index < -0.39 is 5.25 Å². The molecule has 8 heteroatoms. The molecule has 1 atom stereocenters. The van der Waals surface area contributed by atoms with Crippen LogP contribution in [-0.2, 0) is 14.4 Å². The van der Waals surface area contributed by atoms with Gasteiger partial charge in [-0.15, -0.1) is 11.8 Å². The largest absolute Gasteiger partial charge is 0.341 e. The molecule has 2 N–H and O–H groups in total. The van der Waals surface area contributed by atoms with Gasteiger partial charge < -0.3 is 15.5 Å². The van der Waals surface area contributed by atoms with E-state index in [2.05, 4.69) is 10.6 Å². The van der Waals surface area contributed by atoms with Gasteiger partial charge in [0.2, 0.25) is 17.7 Å². The summed E-state index contributed by atoms with van der Waals surface area (Å²) in [4.78, 5) is 40.4. The highest BCUT2D eigenvalue weighted by molar-refractivity contribution is 8.01. The first-order chi connectivity index (χ1) is 14.0. The number of hydrogen-bond donors (Lipinski definition) is 2. The zero-order valence-corrected chi connectivity index (χ0v) is 17.1. The number of carbonyl (C=O) groups excluding carboxylic acids is 3. The number of halogens is 1. The third-order valence-electron chi connectivity index (χ3n) is 5.12. The molecule has 29 heavy (non-hydrogen) atoms. The number of carbonyl (C=O) groups is 3. The highest BCUT2D eigenvalue weighted by Crippen LogP contribution is 2.36. The van der Waals surface area contributed by atoms with Gasteiger partial charge in [-0.1, -0.05) is 29.8 Å². The molecule has 4 rings (SSSR count). The third-order valence-corrected chi connectivity index (χ3v) is 6.62. The number of hydrogen-bond acceptors (Lipinski definition) is 4. The van der Waals surface area contributed by atoms with Gasteiger partial charge in [-0.3, -0.25) is 14.4 Å². The van der Waals surface area contributed by atoms with Crippen molar-refractivity contribution in [3.05, 3.63) is 53.6 Å². The summed E-state index contributed by atoms with van der Waals surface area (Å²) in [6.07, 6.45) is 1.13. The molecular formula is C21H20ClN3O3S. The number of amides is 3. The van der Waals surface area contributed by atoms with Crippen LogP contribution in [0, 0.1) is 5.92 Å². The summed E-state index contributed by atoms with van der Waals surface area (Å²) < 4.78 is 0. The Morgan fingerprint density at radius 3 is 2.62 bits per heavy atom. The van der Waals surface area contributed by atoms with E-state index in [1.54, 1.807) is 29.2 Å².